The molecule has 4 nitrogen and oxygen atoms in total. The molecule has 0 bridgehead atoms. The van der Waals surface area contributed by atoms with Gasteiger partial charge in [0.15, 0.2) is 0 Å². The van der Waals surface area contributed by atoms with Crippen molar-refractivity contribution in [3.05, 3.63) is 145 Å². The fraction of sp³-hybridized carbons (Fsp3) is 0.0769. The van der Waals surface area contributed by atoms with Crippen molar-refractivity contribution in [3.8, 4) is 33.8 Å². The van der Waals surface area contributed by atoms with Crippen molar-refractivity contribution in [2.75, 3.05) is 0 Å². The van der Waals surface area contributed by atoms with E-state index in [1.165, 1.54) is 60.7 Å². The SMILES string of the molecule is CC1(C)c2cncnc2-c2c1n(-c1cc(-c3ccccc3)cc(-n3c4ccccc4c4ccccc43)c1)c1ccccc21. The van der Waals surface area contributed by atoms with Gasteiger partial charge in [0.1, 0.15) is 6.33 Å². The lowest BCUT2D eigenvalue weighted by molar-refractivity contribution is 0.620. The Morgan fingerprint density at radius 2 is 1.12 bits per heavy atom. The van der Waals surface area contributed by atoms with Gasteiger partial charge in [0.2, 0.25) is 0 Å². The van der Waals surface area contributed by atoms with Crippen molar-refractivity contribution < 1.29 is 0 Å². The van der Waals surface area contributed by atoms with Gasteiger partial charge in [-0.3, -0.25) is 0 Å². The minimum atomic E-state index is -0.277. The van der Waals surface area contributed by atoms with E-state index < -0.39 is 0 Å². The zero-order valence-electron chi connectivity index (χ0n) is 24.0. The van der Waals surface area contributed by atoms with Crippen LogP contribution in [0.3, 0.4) is 0 Å². The maximum Gasteiger partial charge on any atom is 0.116 e. The molecular weight excluding hydrogens is 524 g/mol. The summed E-state index contributed by atoms with van der Waals surface area (Å²) in [5.74, 6) is 0. The lowest BCUT2D eigenvalue weighted by atomic mass is 9.86. The molecule has 3 aromatic heterocycles. The molecule has 5 aromatic carbocycles. The second kappa shape index (κ2) is 8.76. The summed E-state index contributed by atoms with van der Waals surface area (Å²) in [5.41, 5.74) is 12.6. The van der Waals surface area contributed by atoms with E-state index in [-0.39, 0.29) is 5.41 Å². The molecule has 0 saturated heterocycles. The molecule has 0 aliphatic heterocycles. The van der Waals surface area contributed by atoms with Gasteiger partial charge in [-0.2, -0.15) is 0 Å². The number of nitrogens with zero attached hydrogens (tertiary/aromatic N) is 4. The van der Waals surface area contributed by atoms with E-state index >= 15 is 0 Å². The van der Waals surface area contributed by atoms with Crippen molar-refractivity contribution in [3.63, 3.8) is 0 Å². The van der Waals surface area contributed by atoms with E-state index in [0.29, 0.717) is 0 Å². The van der Waals surface area contributed by atoms with Crippen LogP contribution in [-0.2, 0) is 5.41 Å². The Kier molecular flexibility index (Phi) is 4.92. The van der Waals surface area contributed by atoms with Gasteiger partial charge in [-0.1, -0.05) is 98.8 Å². The second-order valence-electron chi connectivity index (χ2n) is 12.0. The smallest absolute Gasteiger partial charge is 0.116 e. The molecular formula is C39H28N4. The highest BCUT2D eigenvalue weighted by atomic mass is 15.0. The van der Waals surface area contributed by atoms with Crippen LogP contribution in [0.2, 0.25) is 0 Å². The molecule has 0 spiro atoms. The molecule has 0 N–H and O–H groups in total. The average Bonchev–Trinajstić information content (AvgIpc) is 3.66. The maximum atomic E-state index is 4.82. The summed E-state index contributed by atoms with van der Waals surface area (Å²) in [7, 11) is 0. The molecule has 8 aromatic rings. The predicted octanol–water partition coefficient (Wildman–Crippen LogP) is 9.49. The first-order valence-corrected chi connectivity index (χ1v) is 14.8. The topological polar surface area (TPSA) is 35.6 Å². The quantitative estimate of drug-likeness (QED) is 0.219. The molecule has 0 fully saturated rings. The molecule has 0 radical (unpaired) electrons. The van der Waals surface area contributed by atoms with Gasteiger partial charge in [-0.05, 0) is 47.5 Å². The number of rotatable bonds is 3. The Labute approximate surface area is 249 Å². The number of hydrogen-bond donors (Lipinski definition) is 0. The van der Waals surface area contributed by atoms with Gasteiger partial charge >= 0.3 is 0 Å². The molecule has 9 rings (SSSR count). The minimum Gasteiger partial charge on any atom is -0.312 e. The van der Waals surface area contributed by atoms with Gasteiger partial charge in [-0.15, -0.1) is 0 Å². The van der Waals surface area contributed by atoms with Crippen LogP contribution >= 0.6 is 0 Å². The summed E-state index contributed by atoms with van der Waals surface area (Å²) in [5, 5.41) is 3.73. The second-order valence-corrected chi connectivity index (χ2v) is 12.0. The van der Waals surface area contributed by atoms with E-state index in [1.807, 2.05) is 6.20 Å². The van der Waals surface area contributed by atoms with Crippen LogP contribution in [-0.4, -0.2) is 19.1 Å². The highest BCUT2D eigenvalue weighted by molar-refractivity contribution is 6.09. The number of aromatic nitrogens is 4. The Morgan fingerprint density at radius 1 is 0.558 bits per heavy atom. The van der Waals surface area contributed by atoms with Crippen LogP contribution in [0.1, 0.15) is 25.1 Å². The standard InChI is InChI=1S/C39H28N4/c1-39(2)32-23-40-24-41-37(32)36-31-16-8-11-19-35(31)43(38(36)39)28-21-26(25-12-4-3-5-13-25)20-27(22-28)42-33-17-9-6-14-29(33)30-15-7-10-18-34(30)42/h3-24H,1-2H3. The number of para-hydroxylation sites is 3. The summed E-state index contributed by atoms with van der Waals surface area (Å²) in [6.45, 7) is 4.59. The number of hydrogen-bond acceptors (Lipinski definition) is 2. The van der Waals surface area contributed by atoms with Crippen molar-refractivity contribution in [2.24, 2.45) is 0 Å². The van der Waals surface area contributed by atoms with E-state index in [4.69, 9.17) is 4.98 Å². The summed E-state index contributed by atoms with van der Waals surface area (Å²) in [6, 6.07) is 43.9. The molecule has 43 heavy (non-hydrogen) atoms. The van der Waals surface area contributed by atoms with Crippen LogP contribution < -0.4 is 0 Å². The van der Waals surface area contributed by atoms with Gasteiger partial charge in [-0.25, -0.2) is 9.97 Å². The van der Waals surface area contributed by atoms with Crippen LogP contribution in [0.4, 0.5) is 0 Å². The van der Waals surface area contributed by atoms with Gasteiger partial charge in [0.05, 0.1) is 22.2 Å². The Hall–Kier alpha value is -5.48. The van der Waals surface area contributed by atoms with Crippen LogP contribution in [0.15, 0.2) is 134 Å². The van der Waals surface area contributed by atoms with Crippen LogP contribution in [0.25, 0.3) is 66.5 Å². The predicted molar refractivity (Wildman–Crippen MR) is 176 cm³/mol. The van der Waals surface area contributed by atoms with E-state index in [2.05, 4.69) is 149 Å². The third kappa shape index (κ3) is 3.32. The normalized spacial score (nSPS) is 13.5. The summed E-state index contributed by atoms with van der Waals surface area (Å²) >= 11 is 0. The number of benzene rings is 5. The maximum absolute atomic E-state index is 4.82. The summed E-state index contributed by atoms with van der Waals surface area (Å²) in [6.07, 6.45) is 3.66. The molecule has 1 aliphatic carbocycles. The summed E-state index contributed by atoms with van der Waals surface area (Å²) in [4.78, 5) is 9.25. The van der Waals surface area contributed by atoms with Gasteiger partial charge in [0, 0.05) is 56.0 Å². The Bertz CT molecular complexity index is 2320. The van der Waals surface area contributed by atoms with Crippen molar-refractivity contribution in [1.29, 1.82) is 0 Å². The minimum absolute atomic E-state index is 0.277. The molecule has 204 valence electrons. The first-order chi connectivity index (χ1) is 21.1. The largest absolute Gasteiger partial charge is 0.312 e. The fourth-order valence-corrected chi connectivity index (χ4v) is 7.30. The molecule has 0 atom stereocenters. The number of fused-ring (bicyclic) bond motifs is 8. The monoisotopic (exact) mass is 552 g/mol. The lowest BCUT2D eigenvalue weighted by Gasteiger charge is -2.24. The van der Waals surface area contributed by atoms with Gasteiger partial charge < -0.3 is 9.13 Å². The van der Waals surface area contributed by atoms with E-state index in [9.17, 15) is 0 Å². The highest BCUT2D eigenvalue weighted by Crippen LogP contribution is 2.52. The van der Waals surface area contributed by atoms with Crippen LogP contribution in [0, 0.1) is 0 Å². The van der Waals surface area contributed by atoms with Crippen molar-refractivity contribution >= 4 is 32.7 Å². The molecule has 4 heteroatoms. The first kappa shape index (κ1) is 24.2. The van der Waals surface area contributed by atoms with Crippen molar-refractivity contribution in [1.82, 2.24) is 19.1 Å². The van der Waals surface area contributed by atoms with Crippen LogP contribution in [0.5, 0.6) is 0 Å². The Morgan fingerprint density at radius 3 is 1.79 bits per heavy atom. The lowest BCUT2D eigenvalue weighted by Crippen LogP contribution is -2.20. The third-order valence-corrected chi connectivity index (χ3v) is 9.20. The molecule has 0 saturated carbocycles. The van der Waals surface area contributed by atoms with Gasteiger partial charge in [0.25, 0.3) is 0 Å². The zero-order valence-corrected chi connectivity index (χ0v) is 24.0. The van der Waals surface area contributed by atoms with E-state index in [0.717, 1.165) is 17.1 Å². The summed E-state index contributed by atoms with van der Waals surface area (Å²) < 4.78 is 4.88. The molecule has 1 aliphatic rings. The molecule has 3 heterocycles. The molecule has 0 amide bonds. The van der Waals surface area contributed by atoms with E-state index in [1.54, 1.807) is 6.33 Å². The average molecular weight is 553 g/mol. The highest BCUT2D eigenvalue weighted by Gasteiger charge is 2.42. The first-order valence-electron chi connectivity index (χ1n) is 14.8. The fourth-order valence-electron chi connectivity index (χ4n) is 7.30. The third-order valence-electron chi connectivity index (χ3n) is 9.20. The Balaban J connectivity index is 1.42. The van der Waals surface area contributed by atoms with Crippen molar-refractivity contribution in [2.45, 2.75) is 19.3 Å². The zero-order chi connectivity index (χ0) is 28.7. The molecule has 0 unspecified atom stereocenters.